The molecule has 22 heavy (non-hydrogen) atoms. The van der Waals surface area contributed by atoms with Gasteiger partial charge in [0.25, 0.3) is 5.60 Å². The van der Waals surface area contributed by atoms with Gasteiger partial charge in [0.1, 0.15) is 0 Å². The molecule has 8 heteroatoms. The molecule has 2 saturated heterocycles. The molecule has 1 atom stereocenters. The Morgan fingerprint density at radius 2 is 1.82 bits per heavy atom. The largest absolute Gasteiger partial charge is 0.479 e. The Bertz CT molecular complexity index is 375. The van der Waals surface area contributed by atoms with Gasteiger partial charge in [-0.2, -0.15) is 0 Å². The van der Waals surface area contributed by atoms with Gasteiger partial charge >= 0.3 is 11.9 Å². The van der Waals surface area contributed by atoms with Crippen LogP contribution in [-0.4, -0.2) is 78.4 Å². The Morgan fingerprint density at radius 1 is 1.14 bits per heavy atom. The van der Waals surface area contributed by atoms with Gasteiger partial charge in [0.05, 0.1) is 13.2 Å². The maximum absolute atomic E-state index is 11.6. The summed E-state index contributed by atoms with van der Waals surface area (Å²) in [6.45, 7) is 3.25. The normalized spacial score (nSPS) is 24.1. The summed E-state index contributed by atoms with van der Waals surface area (Å²) in [6, 6.07) is 0. The molecule has 2 heterocycles. The number of carboxylic acids is 2. The number of nitrogens with zero attached hydrogens (tertiary/aromatic N) is 1. The molecule has 0 aromatic rings. The van der Waals surface area contributed by atoms with Crippen molar-refractivity contribution < 1.29 is 34.0 Å². The zero-order valence-electron chi connectivity index (χ0n) is 12.5. The SMILES string of the molecule is O=C(O)C(CCN1CCOCC1)(OC1CCCCO1)C(=O)O. The molecule has 0 saturated carbocycles. The molecule has 2 aliphatic heterocycles. The monoisotopic (exact) mass is 317 g/mol. The maximum Gasteiger partial charge on any atom is 0.348 e. The lowest BCUT2D eigenvalue weighted by Gasteiger charge is -2.34. The molecule has 8 nitrogen and oxygen atoms in total. The fourth-order valence-electron chi connectivity index (χ4n) is 2.63. The van der Waals surface area contributed by atoms with E-state index in [4.69, 9.17) is 14.2 Å². The summed E-state index contributed by atoms with van der Waals surface area (Å²) in [5.74, 6) is -2.97. The standard InChI is InChI=1S/C14H23NO7/c16-12(17)14(13(18)19,22-11-3-1-2-8-21-11)4-5-15-6-9-20-10-7-15/h11H,1-10H2,(H,16,17)(H,18,19). The van der Waals surface area contributed by atoms with Crippen molar-refractivity contribution in [3.05, 3.63) is 0 Å². The third-order valence-corrected chi connectivity index (χ3v) is 4.05. The highest BCUT2D eigenvalue weighted by atomic mass is 16.7. The second kappa shape index (κ2) is 7.87. The second-order valence-corrected chi connectivity index (χ2v) is 5.56. The molecule has 0 amide bonds. The van der Waals surface area contributed by atoms with Crippen LogP contribution in [0.15, 0.2) is 0 Å². The van der Waals surface area contributed by atoms with Gasteiger partial charge in [-0.15, -0.1) is 0 Å². The first-order valence-corrected chi connectivity index (χ1v) is 7.61. The first-order chi connectivity index (χ1) is 10.5. The van der Waals surface area contributed by atoms with Gasteiger partial charge in [0.15, 0.2) is 6.29 Å². The molecular weight excluding hydrogens is 294 g/mol. The summed E-state index contributed by atoms with van der Waals surface area (Å²) in [7, 11) is 0. The third kappa shape index (κ3) is 4.16. The molecular formula is C14H23NO7. The zero-order valence-corrected chi connectivity index (χ0v) is 12.5. The molecule has 0 aromatic heterocycles. The summed E-state index contributed by atoms with van der Waals surface area (Å²) in [5, 5.41) is 18.9. The average molecular weight is 317 g/mol. The number of ether oxygens (including phenoxy) is 3. The minimum absolute atomic E-state index is 0.127. The molecule has 1 unspecified atom stereocenters. The Hall–Kier alpha value is -1.22. The van der Waals surface area contributed by atoms with Gasteiger partial charge < -0.3 is 24.4 Å². The highest BCUT2D eigenvalue weighted by Gasteiger charge is 2.50. The first kappa shape index (κ1) is 17.1. The number of carboxylic acid groups (broad SMARTS) is 2. The molecule has 2 N–H and O–H groups in total. The van der Waals surface area contributed by atoms with E-state index in [1.807, 2.05) is 4.90 Å². The molecule has 126 valence electrons. The molecule has 0 spiro atoms. The molecule has 0 aliphatic carbocycles. The molecule has 0 radical (unpaired) electrons. The predicted octanol–water partition coefficient (Wildman–Crippen LogP) is 0.160. The Kier molecular flexibility index (Phi) is 6.13. The summed E-state index contributed by atoms with van der Waals surface area (Å²) >= 11 is 0. The summed E-state index contributed by atoms with van der Waals surface area (Å²) in [6.07, 6.45) is 1.33. The van der Waals surface area contributed by atoms with E-state index >= 15 is 0 Å². The number of hydrogen-bond acceptors (Lipinski definition) is 6. The van der Waals surface area contributed by atoms with Gasteiger partial charge in [-0.1, -0.05) is 0 Å². The van der Waals surface area contributed by atoms with Gasteiger partial charge in [-0.25, -0.2) is 9.59 Å². The molecule has 0 bridgehead atoms. The average Bonchev–Trinajstić information content (AvgIpc) is 2.53. The second-order valence-electron chi connectivity index (χ2n) is 5.56. The lowest BCUT2D eigenvalue weighted by atomic mass is 9.98. The fourth-order valence-corrected chi connectivity index (χ4v) is 2.63. The van der Waals surface area contributed by atoms with Crippen LogP contribution in [-0.2, 0) is 23.8 Å². The van der Waals surface area contributed by atoms with E-state index in [1.54, 1.807) is 0 Å². The smallest absolute Gasteiger partial charge is 0.348 e. The van der Waals surface area contributed by atoms with Gasteiger partial charge in [0, 0.05) is 32.7 Å². The van der Waals surface area contributed by atoms with Crippen LogP contribution in [0.5, 0.6) is 0 Å². The van der Waals surface area contributed by atoms with Crippen molar-refractivity contribution in [1.29, 1.82) is 0 Å². The van der Waals surface area contributed by atoms with Crippen LogP contribution in [0.1, 0.15) is 25.7 Å². The number of morpholine rings is 1. The van der Waals surface area contributed by atoms with Crippen LogP contribution >= 0.6 is 0 Å². The van der Waals surface area contributed by atoms with Crippen molar-refractivity contribution in [2.75, 3.05) is 39.5 Å². The number of carbonyl (C=O) groups is 2. The van der Waals surface area contributed by atoms with Gasteiger partial charge in [-0.05, 0) is 19.3 Å². The van der Waals surface area contributed by atoms with Crippen LogP contribution in [0, 0.1) is 0 Å². The van der Waals surface area contributed by atoms with Crippen LogP contribution in [0.2, 0.25) is 0 Å². The number of hydrogen-bond donors (Lipinski definition) is 2. The van der Waals surface area contributed by atoms with Crippen molar-refractivity contribution in [3.8, 4) is 0 Å². The van der Waals surface area contributed by atoms with E-state index in [1.165, 1.54) is 0 Å². The quantitative estimate of drug-likeness (QED) is 0.640. The summed E-state index contributed by atoms with van der Waals surface area (Å²) in [4.78, 5) is 25.2. The van der Waals surface area contributed by atoms with E-state index < -0.39 is 23.8 Å². The minimum Gasteiger partial charge on any atom is -0.479 e. The van der Waals surface area contributed by atoms with E-state index in [0.717, 1.165) is 12.8 Å². The van der Waals surface area contributed by atoms with Crippen molar-refractivity contribution in [2.45, 2.75) is 37.6 Å². The van der Waals surface area contributed by atoms with E-state index in [-0.39, 0.29) is 6.42 Å². The van der Waals surface area contributed by atoms with E-state index in [2.05, 4.69) is 0 Å². The maximum atomic E-state index is 11.6. The molecule has 2 fully saturated rings. The Labute approximate surface area is 128 Å². The highest BCUT2D eigenvalue weighted by molar-refractivity contribution is 6.01. The predicted molar refractivity (Wildman–Crippen MR) is 74.6 cm³/mol. The van der Waals surface area contributed by atoms with E-state index in [9.17, 15) is 19.8 Å². The summed E-state index contributed by atoms with van der Waals surface area (Å²) < 4.78 is 16.0. The Morgan fingerprint density at radius 3 is 2.36 bits per heavy atom. The third-order valence-electron chi connectivity index (χ3n) is 4.05. The van der Waals surface area contributed by atoms with Crippen molar-refractivity contribution in [1.82, 2.24) is 4.90 Å². The number of aliphatic carboxylic acids is 2. The Balaban J connectivity index is 2.02. The summed E-state index contributed by atoms with van der Waals surface area (Å²) in [5.41, 5.74) is -2.26. The van der Waals surface area contributed by atoms with Gasteiger partial charge in [0.2, 0.25) is 0 Å². The van der Waals surface area contributed by atoms with Crippen LogP contribution < -0.4 is 0 Å². The van der Waals surface area contributed by atoms with Crippen molar-refractivity contribution >= 4 is 11.9 Å². The van der Waals surface area contributed by atoms with Crippen LogP contribution in [0.4, 0.5) is 0 Å². The van der Waals surface area contributed by atoms with Crippen LogP contribution in [0.3, 0.4) is 0 Å². The lowest BCUT2D eigenvalue weighted by Crippen LogP contribution is -2.54. The number of rotatable bonds is 7. The van der Waals surface area contributed by atoms with Crippen molar-refractivity contribution in [3.63, 3.8) is 0 Å². The zero-order chi connectivity index (χ0) is 16.0. The first-order valence-electron chi connectivity index (χ1n) is 7.61. The highest BCUT2D eigenvalue weighted by Crippen LogP contribution is 2.25. The molecule has 2 rings (SSSR count). The minimum atomic E-state index is -2.26. The topological polar surface area (TPSA) is 106 Å². The lowest BCUT2D eigenvalue weighted by molar-refractivity contribution is -0.238. The van der Waals surface area contributed by atoms with E-state index in [0.29, 0.717) is 45.9 Å². The van der Waals surface area contributed by atoms with Gasteiger partial charge in [-0.3, -0.25) is 4.90 Å². The van der Waals surface area contributed by atoms with Crippen LogP contribution in [0.25, 0.3) is 0 Å². The molecule has 0 aromatic carbocycles. The fraction of sp³-hybridized carbons (Fsp3) is 0.857. The molecule has 2 aliphatic rings. The van der Waals surface area contributed by atoms with Crippen molar-refractivity contribution in [2.24, 2.45) is 0 Å².